The summed E-state index contributed by atoms with van der Waals surface area (Å²) in [5, 5.41) is 46.3. The number of primary amides is 1. The third-order valence-corrected chi connectivity index (χ3v) is 18.1. The molecule has 39 nitrogen and oxygen atoms in total. The average Bonchev–Trinajstić information content (AvgIpc) is 1.47. The highest BCUT2D eigenvalue weighted by molar-refractivity contribution is 6.00. The van der Waals surface area contributed by atoms with Crippen molar-refractivity contribution in [1.29, 1.82) is 0 Å². The molecule has 2 aliphatic rings. The van der Waals surface area contributed by atoms with Crippen LogP contribution in [-0.2, 0) is 124 Å². The second kappa shape index (κ2) is 55.2. The van der Waals surface area contributed by atoms with E-state index in [0.717, 1.165) is 40.9 Å². The zero-order chi connectivity index (χ0) is 90.2. The number of aliphatic hydroxyl groups is 2. The predicted molar refractivity (Wildman–Crippen MR) is 445 cm³/mol. The Bertz CT molecular complexity index is 4150. The summed E-state index contributed by atoms with van der Waals surface area (Å²) in [6.07, 6.45) is 5.60. The van der Waals surface area contributed by atoms with E-state index in [0.29, 0.717) is 68.1 Å². The van der Waals surface area contributed by atoms with Gasteiger partial charge in [-0.05, 0) is 135 Å². The van der Waals surface area contributed by atoms with E-state index in [2.05, 4.69) is 63.1 Å². The number of aromatic nitrogens is 2. The molecule has 0 bridgehead atoms. The number of nitrogens with zero attached hydrogens (tertiary/aromatic N) is 3. The Kier molecular flexibility index (Phi) is 45.9. The van der Waals surface area contributed by atoms with E-state index in [9.17, 15) is 86.9 Å². The van der Waals surface area contributed by atoms with Gasteiger partial charge >= 0.3 is 35.9 Å². The minimum Gasteiger partial charge on any atom is -0.461 e. The Labute approximate surface area is 707 Å². The predicted octanol–water partition coefficient (Wildman–Crippen LogP) is 3.44. The number of ketones is 1. The smallest absolute Gasteiger partial charge is 0.322 e. The van der Waals surface area contributed by atoms with Gasteiger partial charge in [0.15, 0.2) is 5.78 Å². The van der Waals surface area contributed by atoms with Gasteiger partial charge in [0.1, 0.15) is 62.7 Å². The van der Waals surface area contributed by atoms with Crippen LogP contribution in [0.2, 0.25) is 0 Å². The van der Waals surface area contributed by atoms with Crippen LogP contribution in [0.4, 0.5) is 32.3 Å². The van der Waals surface area contributed by atoms with Crippen molar-refractivity contribution in [3.63, 3.8) is 0 Å². The van der Waals surface area contributed by atoms with Gasteiger partial charge in [0.25, 0.3) is 0 Å². The number of ether oxygens (including phenoxy) is 5. The van der Waals surface area contributed by atoms with E-state index in [1.54, 1.807) is 105 Å². The number of aliphatic hydroxyl groups excluding tert-OH is 2. The number of esters is 4. The molecule has 0 radical (unpaired) electrons. The largest absolute Gasteiger partial charge is 0.461 e. The minimum absolute atomic E-state index is 0.00338. The van der Waals surface area contributed by atoms with Crippen molar-refractivity contribution in [3.8, 4) is 0 Å². The molecule has 1 unspecified atom stereocenters. The van der Waals surface area contributed by atoms with Gasteiger partial charge in [-0.25, -0.2) is 14.6 Å². The second-order valence-corrected chi connectivity index (χ2v) is 28.6. The van der Waals surface area contributed by atoms with E-state index in [-0.39, 0.29) is 132 Å². The number of nitrogens with two attached hydrogens (primary N) is 2. The molecular formula is C83H116N16O23. The number of anilines is 4. The fourth-order valence-corrected chi connectivity index (χ4v) is 11.4. The number of aromatic amines is 1. The SMILES string of the molecule is CC(=O)OCc1ccc(NC(=O)C(CCC(N)=O)NC(=O)[C@H](CC(C)C)NC(=O)[C@H](CCCCN)NC(=O)[C@H](CO)NC(=O)[C@H](CO)NC(=O)[C@H](Cc2cnc[nH]2)NC(=O)N2CCOCC2)cc1.CC(=O)OCc1ccc(NC(=O)N2CCC[C@H]2C(C)=O)cc1.CCC(=O)Nc1ccc(COC(C)=O)cc1.CCC(=O)Nc1ccc(COC(C)=O)cc1. The zero-order valence-corrected chi connectivity index (χ0v) is 70.2. The maximum Gasteiger partial charge on any atom is 0.322 e. The van der Waals surface area contributed by atoms with Crippen LogP contribution in [0.15, 0.2) is 110 Å². The molecule has 2 saturated heterocycles. The lowest BCUT2D eigenvalue weighted by molar-refractivity contribution is -0.143. The Morgan fingerprint density at radius 2 is 0.885 bits per heavy atom. The zero-order valence-electron chi connectivity index (χ0n) is 70.2. The number of carbonyl (C=O) groups is 16. The molecular weight excluding hydrogens is 1590 g/mol. The molecule has 3 heterocycles. The molecule has 7 rings (SSSR count). The highest BCUT2D eigenvalue weighted by Gasteiger charge is 2.36. The molecule has 2 aliphatic heterocycles. The van der Waals surface area contributed by atoms with Crippen LogP contribution in [0.25, 0.3) is 0 Å². The highest BCUT2D eigenvalue weighted by atomic mass is 16.5. The van der Waals surface area contributed by atoms with Crippen molar-refractivity contribution in [2.24, 2.45) is 17.4 Å². The highest BCUT2D eigenvalue weighted by Crippen LogP contribution is 2.22. The number of hydrogen-bond acceptors (Lipinski definition) is 25. The van der Waals surface area contributed by atoms with Crippen LogP contribution in [0.1, 0.15) is 154 Å². The number of amides is 13. The first kappa shape index (κ1) is 102. The number of likely N-dealkylation sites (tertiary alicyclic amines) is 1. The van der Waals surface area contributed by atoms with Crippen molar-refractivity contribution >= 4 is 118 Å². The summed E-state index contributed by atoms with van der Waals surface area (Å²) in [5.74, 6) is -7.62. The average molecular weight is 1710 g/mol. The summed E-state index contributed by atoms with van der Waals surface area (Å²) in [7, 11) is 0. The summed E-state index contributed by atoms with van der Waals surface area (Å²) >= 11 is 0. The summed E-state index contributed by atoms with van der Waals surface area (Å²) < 4.78 is 24.8. The number of morpholine rings is 1. The van der Waals surface area contributed by atoms with Gasteiger partial charge in [0.2, 0.25) is 53.2 Å². The molecule has 0 saturated carbocycles. The first-order chi connectivity index (χ1) is 58.1. The Morgan fingerprint density at radius 3 is 1.27 bits per heavy atom. The molecule has 122 heavy (non-hydrogen) atoms. The molecule has 0 aliphatic carbocycles. The quantitative estimate of drug-likeness (QED) is 0.0152. The second-order valence-electron chi connectivity index (χ2n) is 28.6. The Balaban J connectivity index is 0.000000457. The first-order valence-electron chi connectivity index (χ1n) is 39.8. The normalized spacial score (nSPS) is 14.0. The third-order valence-electron chi connectivity index (χ3n) is 18.1. The van der Waals surface area contributed by atoms with Gasteiger partial charge in [-0.15, -0.1) is 0 Å². The monoisotopic (exact) mass is 1700 g/mol. The van der Waals surface area contributed by atoms with Crippen molar-refractivity contribution in [2.45, 2.75) is 202 Å². The van der Waals surface area contributed by atoms with Gasteiger partial charge in [-0.1, -0.05) is 76.2 Å². The molecule has 39 heteroatoms. The fourth-order valence-electron chi connectivity index (χ4n) is 11.4. The molecule has 666 valence electrons. The lowest BCUT2D eigenvalue weighted by Crippen LogP contribution is -2.61. The topological polar surface area (TPSA) is 567 Å². The number of urea groups is 2. The van der Waals surface area contributed by atoms with Gasteiger partial charge < -0.3 is 113 Å². The molecule has 1 aromatic heterocycles. The van der Waals surface area contributed by atoms with Gasteiger partial charge in [-0.2, -0.15) is 0 Å². The number of Topliss-reactive ketones (excluding diaryl/α,β-unsaturated/α-hetero) is 1. The maximum absolute atomic E-state index is 13.9. The van der Waals surface area contributed by atoms with Crippen LogP contribution in [0, 0.1) is 5.92 Å². The maximum atomic E-state index is 13.9. The minimum atomic E-state index is -1.70. The standard InChI is InChI=1S/C43H66N12O13.C16H20N2O4.2C12H15NO3/c1-25(2)18-32(39(62)50-31(11-12-36(45)59)37(60)48-28-9-7-27(8-10-28)23-68-26(3)58)51-38(61)30(6-4-5-13-44)49-41(64)34(21-56)53-42(65)35(22-57)52-40(63)33(19-29-20-46-24-47-29)54-43(66)55-14-16-67-17-15-55;1-11(19)15-4-3-9-18(15)16(21)17-14-7-5-13(6-8-14)10-22-12(2)20;2*1-3-12(15)13-11-6-4-10(5-7-11)8-16-9(2)14/h7-10,20,24-25,30-35,56-57H,4-6,11-19,21-23,44H2,1-3H3,(H2,45,59)(H,46,47)(H,48,60)(H,49,64)(H,50,62)(H,51,61)(H,52,63)(H,53,65)(H,54,66);5-8,15H,3-4,9-10H2,1-2H3,(H,17,21);2*4-7H,3,8H2,1-2H3,(H,13,15)/t30-,31?,32-,33-,34-,35-;15-;;/m00../s1. The number of benzene rings is 4. The van der Waals surface area contributed by atoms with Crippen LogP contribution < -0.4 is 64.6 Å². The van der Waals surface area contributed by atoms with Gasteiger partial charge in [0, 0.05) is 108 Å². The molecule has 4 aromatic carbocycles. The molecule has 0 spiro atoms. The van der Waals surface area contributed by atoms with Crippen LogP contribution in [0.5, 0.6) is 0 Å². The van der Waals surface area contributed by atoms with E-state index in [4.69, 9.17) is 35.2 Å². The summed E-state index contributed by atoms with van der Waals surface area (Å²) in [4.78, 5) is 205. The van der Waals surface area contributed by atoms with E-state index < -0.39 is 103 Å². The summed E-state index contributed by atoms with van der Waals surface area (Å²) in [6, 6.07) is 18.1. The van der Waals surface area contributed by atoms with E-state index in [1.165, 1.54) is 52.0 Å². The van der Waals surface area contributed by atoms with Crippen molar-refractivity contribution in [2.75, 3.05) is 73.9 Å². The molecule has 13 amide bonds. The number of rotatable bonds is 40. The number of carbonyl (C=O) groups excluding carboxylic acids is 16. The summed E-state index contributed by atoms with van der Waals surface area (Å²) in [5.41, 5.74) is 17.3. The van der Waals surface area contributed by atoms with E-state index >= 15 is 0 Å². The van der Waals surface area contributed by atoms with Gasteiger partial charge in [0.05, 0.1) is 38.8 Å². The molecule has 17 N–H and O–H groups in total. The third kappa shape index (κ3) is 39.9. The van der Waals surface area contributed by atoms with Crippen molar-refractivity contribution in [1.82, 2.24) is 51.7 Å². The lowest BCUT2D eigenvalue weighted by atomic mass is 10.0. The first-order valence-corrected chi connectivity index (χ1v) is 39.8. The van der Waals surface area contributed by atoms with Crippen LogP contribution >= 0.6 is 0 Å². The Morgan fingerprint density at radius 1 is 0.492 bits per heavy atom. The number of imidazole rings is 1. The number of unbranched alkanes of at least 4 members (excludes halogenated alkanes) is 1. The van der Waals surface area contributed by atoms with E-state index in [1.807, 2.05) is 24.3 Å². The van der Waals surface area contributed by atoms with Crippen LogP contribution in [-0.4, -0.2) is 220 Å². The number of nitrogens with one attached hydrogen (secondary N) is 11. The lowest BCUT2D eigenvalue weighted by Gasteiger charge is -2.29. The summed E-state index contributed by atoms with van der Waals surface area (Å²) in [6.45, 7) is 14.9. The molecule has 7 atom stereocenters. The van der Waals surface area contributed by atoms with Crippen molar-refractivity contribution in [3.05, 3.63) is 138 Å². The van der Waals surface area contributed by atoms with Crippen LogP contribution in [0.3, 0.4) is 0 Å². The molecule has 5 aromatic rings. The number of hydrogen-bond donors (Lipinski definition) is 15. The molecule has 2 fully saturated rings. The Hall–Kier alpha value is -12.8. The van der Waals surface area contributed by atoms with Gasteiger partial charge in [-0.3, -0.25) is 67.1 Å². The number of H-pyrrole nitrogens is 1. The fraction of sp³-hybridized carbons (Fsp3) is 0.482. The van der Waals surface area contributed by atoms with Crippen molar-refractivity contribution < 1.29 is 111 Å².